The van der Waals surface area contributed by atoms with Gasteiger partial charge in [0.2, 0.25) is 0 Å². The quantitative estimate of drug-likeness (QED) is 0.0146. The number of allylic oxidation sites excluding steroid dienone is 22. The Morgan fingerprint density at radius 3 is 0.871 bits per heavy atom. The van der Waals surface area contributed by atoms with Crippen LogP contribution in [-0.2, 0) is 55.8 Å². The third kappa shape index (κ3) is 76.6. The number of hydrogen-bond acceptors (Lipinski definition) is 14. The van der Waals surface area contributed by atoms with Crippen molar-refractivity contribution < 1.29 is 75.8 Å². The molecule has 101 heavy (non-hydrogen) atoms. The summed E-state index contributed by atoms with van der Waals surface area (Å²) in [5.41, 5.74) is 0. The Labute approximate surface area is 614 Å². The molecule has 16 nitrogen and oxygen atoms in total. The summed E-state index contributed by atoms with van der Waals surface area (Å²) >= 11 is 0. The number of hydrogen-bond donors (Lipinski definition) is 4. The predicted octanol–water partition coefficient (Wildman–Crippen LogP) is 23.1. The van der Waals surface area contributed by atoms with E-state index in [1.54, 1.807) is 0 Å². The van der Waals surface area contributed by atoms with Gasteiger partial charge in [-0.15, -0.1) is 0 Å². The molecule has 0 amide bonds. The zero-order valence-corrected chi connectivity index (χ0v) is 65.1. The average Bonchev–Trinajstić information content (AvgIpc) is 0.933. The lowest BCUT2D eigenvalue weighted by Gasteiger charge is -2.21. The molecule has 0 bridgehead atoms. The van der Waals surface area contributed by atoms with E-state index >= 15 is 0 Å². The first kappa shape index (κ1) is 96.7. The van der Waals surface area contributed by atoms with Crippen molar-refractivity contribution in [2.75, 3.05) is 39.6 Å². The van der Waals surface area contributed by atoms with Crippen LogP contribution in [0.5, 0.6) is 0 Å². The fourth-order valence-electron chi connectivity index (χ4n) is 10.3. The predicted molar refractivity (Wildman–Crippen MR) is 417 cm³/mol. The summed E-state index contributed by atoms with van der Waals surface area (Å²) in [4.78, 5) is 58.5. The Kier molecular flexibility index (Phi) is 72.2. The monoisotopic (exact) mass is 1460 g/mol. The Hall–Kier alpha value is -4.31. The van der Waals surface area contributed by atoms with Gasteiger partial charge in [-0.2, -0.15) is 0 Å². The van der Waals surface area contributed by atoms with E-state index in [0.717, 1.165) is 173 Å². The second kappa shape index (κ2) is 75.4. The normalized spacial score (nSPS) is 14.7. The van der Waals surface area contributed by atoms with Crippen LogP contribution in [0, 0.1) is 0 Å². The summed E-state index contributed by atoms with van der Waals surface area (Å²) in [5.74, 6) is -1.60. The number of unbranched alkanes of at least 4 members (excludes halogenated alkanes) is 29. The number of carbonyl (C=O) groups is 3. The smallest absolute Gasteiger partial charge is 0.463 e. The average molecular weight is 1460 g/mol. The summed E-state index contributed by atoms with van der Waals surface area (Å²) < 4.78 is 61.0. The molecule has 5 atom stereocenters. The molecule has 0 aromatic rings. The largest absolute Gasteiger partial charge is 0.472 e. The molecule has 580 valence electrons. The van der Waals surface area contributed by atoms with E-state index in [4.69, 9.17) is 32.3 Å². The van der Waals surface area contributed by atoms with Gasteiger partial charge in [0.05, 0.1) is 26.4 Å². The lowest BCUT2D eigenvalue weighted by molar-refractivity contribution is -0.161. The molecule has 5 unspecified atom stereocenters. The topological polar surface area (TPSA) is 231 Å². The second-order valence-electron chi connectivity index (χ2n) is 26.1. The molecule has 0 aliphatic heterocycles. The molecule has 0 rings (SSSR count). The van der Waals surface area contributed by atoms with E-state index in [-0.39, 0.29) is 19.3 Å². The van der Waals surface area contributed by atoms with E-state index in [0.29, 0.717) is 19.3 Å². The van der Waals surface area contributed by atoms with Crippen molar-refractivity contribution in [1.82, 2.24) is 0 Å². The molecule has 0 saturated carbocycles. The van der Waals surface area contributed by atoms with Crippen molar-refractivity contribution >= 4 is 33.6 Å². The minimum Gasteiger partial charge on any atom is -0.463 e. The maximum atomic E-state index is 12.9. The van der Waals surface area contributed by atoms with Crippen molar-refractivity contribution in [3.63, 3.8) is 0 Å². The first-order valence-corrected chi connectivity index (χ1v) is 42.5. The summed E-state index contributed by atoms with van der Waals surface area (Å²) in [7, 11) is -9.79. The Morgan fingerprint density at radius 2 is 0.545 bits per heavy atom. The standard InChI is InChI=1S/C83H142O16P2/c1-4-7-10-13-16-19-22-25-27-29-31-32-33-34-35-36-37-38-39-40-41-42-43-44-46-48-49-52-54-57-60-63-66-69-81(86)93-72-78(84)73-95-100(89,90)96-74-79(85)75-97-101(91,92)98-77-80(99-83(88)71-68-65-62-59-56-51-24-21-18-15-12-9-6-3)76-94-82(87)70-67-64-61-58-55-53-50-47-45-30-28-26-23-20-17-14-11-8-5-2/h7,10,12,15-17,19-21,24-28,31-32,34-35,37-38,45,47,78-80,84-85H,4-6,8-9,11,13-14,18,22-23,29-30,33,36,39-44,46,48-77H2,1-3H3,(H,89,90)(H,91,92)/b10-7-,15-12-,19-16-,20-17-,24-21-,27-25-,28-26-,32-31-,35-34-,38-37-,47-45-. The number of ether oxygens (including phenoxy) is 3. The minimum absolute atomic E-state index is 0.0837. The van der Waals surface area contributed by atoms with E-state index < -0.39 is 91.5 Å². The van der Waals surface area contributed by atoms with E-state index in [9.17, 15) is 43.5 Å². The zero-order valence-electron chi connectivity index (χ0n) is 63.3. The SMILES string of the molecule is CC/C=C\C/C=C\C/C=C\C/C=C\C/C=C\C/C=C\CCCCCCCCCCCCCCCCC(=O)OCC(O)COP(=O)(O)OCC(O)COP(=O)(O)OCC(COC(=O)CCCCCCCC/C=C\C/C=C\C/C=C\CCCCC)OC(=O)CCCCCCC/C=C\C/C=C\CCC. The van der Waals surface area contributed by atoms with Crippen LogP contribution < -0.4 is 0 Å². The molecular weight excluding hydrogens is 1310 g/mol. The maximum absolute atomic E-state index is 12.9. The first-order valence-electron chi connectivity index (χ1n) is 39.5. The number of aliphatic hydroxyl groups excluding tert-OH is 2. The van der Waals surface area contributed by atoms with Gasteiger partial charge in [0.1, 0.15) is 25.4 Å². The van der Waals surface area contributed by atoms with Gasteiger partial charge >= 0.3 is 33.6 Å². The Bertz CT molecular complexity index is 2370. The lowest BCUT2D eigenvalue weighted by atomic mass is 10.0. The lowest BCUT2D eigenvalue weighted by Crippen LogP contribution is -2.30. The molecule has 0 aromatic heterocycles. The molecule has 0 fully saturated rings. The molecule has 0 spiro atoms. The van der Waals surface area contributed by atoms with E-state index in [2.05, 4.69) is 154 Å². The number of rotatable bonds is 74. The molecule has 0 saturated heterocycles. The van der Waals surface area contributed by atoms with Gasteiger partial charge in [-0.05, 0) is 135 Å². The van der Waals surface area contributed by atoms with E-state index in [1.807, 2.05) is 0 Å². The van der Waals surface area contributed by atoms with Crippen LogP contribution in [0.1, 0.15) is 316 Å². The van der Waals surface area contributed by atoms with Crippen LogP contribution >= 0.6 is 15.6 Å². The van der Waals surface area contributed by atoms with Crippen molar-refractivity contribution in [1.29, 1.82) is 0 Å². The number of esters is 3. The summed E-state index contributed by atoms with van der Waals surface area (Å²) in [6.07, 6.45) is 90.8. The van der Waals surface area contributed by atoms with Crippen LogP contribution in [0.3, 0.4) is 0 Å². The van der Waals surface area contributed by atoms with Crippen LogP contribution in [0.2, 0.25) is 0 Å². The molecule has 4 N–H and O–H groups in total. The van der Waals surface area contributed by atoms with Gasteiger partial charge in [0, 0.05) is 19.3 Å². The fraction of sp³-hybridized carbons (Fsp3) is 0.699. The molecule has 0 aliphatic carbocycles. The van der Waals surface area contributed by atoms with Gasteiger partial charge in [-0.25, -0.2) is 9.13 Å². The van der Waals surface area contributed by atoms with Crippen LogP contribution in [0.25, 0.3) is 0 Å². The highest BCUT2D eigenvalue weighted by atomic mass is 31.2. The molecule has 0 aliphatic rings. The molecular formula is C83H142O16P2. The highest BCUT2D eigenvalue weighted by molar-refractivity contribution is 7.47. The van der Waals surface area contributed by atoms with Crippen LogP contribution in [-0.4, -0.2) is 95.9 Å². The van der Waals surface area contributed by atoms with Gasteiger partial charge in [-0.1, -0.05) is 296 Å². The van der Waals surface area contributed by atoms with Gasteiger partial charge in [0.15, 0.2) is 6.10 Å². The number of carbonyl (C=O) groups excluding carboxylic acids is 3. The molecule has 0 heterocycles. The maximum Gasteiger partial charge on any atom is 0.472 e. The molecule has 0 radical (unpaired) electrons. The number of aliphatic hydroxyl groups is 2. The Balaban J connectivity index is 4.43. The van der Waals surface area contributed by atoms with Crippen LogP contribution in [0.4, 0.5) is 0 Å². The number of phosphoric ester groups is 2. The van der Waals surface area contributed by atoms with Gasteiger partial charge in [0.25, 0.3) is 0 Å². The highest BCUT2D eigenvalue weighted by Crippen LogP contribution is 2.45. The third-order valence-electron chi connectivity index (χ3n) is 16.3. The molecule has 0 aromatic carbocycles. The number of phosphoric acid groups is 2. The summed E-state index contributed by atoms with van der Waals surface area (Å²) in [6.45, 7) is 2.45. The van der Waals surface area contributed by atoms with Crippen LogP contribution in [0.15, 0.2) is 134 Å². The van der Waals surface area contributed by atoms with Crippen molar-refractivity contribution in [3.8, 4) is 0 Å². The zero-order chi connectivity index (χ0) is 73.7. The molecule has 18 heteroatoms. The minimum atomic E-state index is -4.93. The highest BCUT2D eigenvalue weighted by Gasteiger charge is 2.29. The summed E-state index contributed by atoms with van der Waals surface area (Å²) in [6, 6.07) is 0. The Morgan fingerprint density at radius 1 is 0.287 bits per heavy atom. The van der Waals surface area contributed by atoms with E-state index in [1.165, 1.54) is 83.5 Å². The second-order valence-corrected chi connectivity index (χ2v) is 29.0. The first-order chi connectivity index (χ1) is 49.2. The van der Waals surface area contributed by atoms with Crippen molar-refractivity contribution in [2.24, 2.45) is 0 Å². The third-order valence-corrected chi connectivity index (χ3v) is 18.2. The van der Waals surface area contributed by atoms with Gasteiger partial charge < -0.3 is 34.2 Å². The summed E-state index contributed by atoms with van der Waals surface area (Å²) in [5, 5.41) is 20.6. The fourth-order valence-corrected chi connectivity index (χ4v) is 11.9. The van der Waals surface area contributed by atoms with Gasteiger partial charge in [-0.3, -0.25) is 32.5 Å². The van der Waals surface area contributed by atoms with Crippen molar-refractivity contribution in [3.05, 3.63) is 134 Å². The van der Waals surface area contributed by atoms with Crippen molar-refractivity contribution in [2.45, 2.75) is 334 Å².